The molecule has 32 heavy (non-hydrogen) atoms. The van der Waals surface area contributed by atoms with Crippen LogP contribution >= 0.6 is 0 Å². The molecule has 1 aromatic heterocycles. The predicted octanol–water partition coefficient (Wildman–Crippen LogP) is 5.52. The lowest BCUT2D eigenvalue weighted by Crippen LogP contribution is -2.38. The van der Waals surface area contributed by atoms with Crippen LogP contribution in [0.5, 0.6) is 17.4 Å². The molecular formula is C26H31N3O3. The van der Waals surface area contributed by atoms with Gasteiger partial charge >= 0.3 is 0 Å². The van der Waals surface area contributed by atoms with E-state index in [2.05, 4.69) is 13.8 Å². The topological polar surface area (TPSA) is 56.6 Å². The Bertz CT molecular complexity index is 1070. The number of aromatic nitrogens is 2. The minimum atomic E-state index is 0.140. The molecule has 1 aliphatic carbocycles. The van der Waals surface area contributed by atoms with Gasteiger partial charge in [-0.15, -0.1) is 0 Å². The van der Waals surface area contributed by atoms with Crippen LogP contribution in [0.25, 0.3) is 5.69 Å². The fourth-order valence-corrected chi connectivity index (χ4v) is 3.78. The first-order chi connectivity index (χ1) is 15.5. The molecule has 1 heterocycles. The minimum Gasteiger partial charge on any atom is -0.493 e. The monoisotopic (exact) mass is 433 g/mol. The van der Waals surface area contributed by atoms with Gasteiger partial charge in [-0.25, -0.2) is 4.68 Å². The number of hydrogen-bond donors (Lipinski definition) is 0. The first kappa shape index (κ1) is 21.9. The molecule has 6 heteroatoms. The highest BCUT2D eigenvalue weighted by atomic mass is 16.5. The summed E-state index contributed by atoms with van der Waals surface area (Å²) in [7, 11) is 1.63. The molecule has 1 atom stereocenters. The van der Waals surface area contributed by atoms with E-state index < -0.39 is 0 Å². The van der Waals surface area contributed by atoms with E-state index in [0.29, 0.717) is 23.9 Å². The Morgan fingerprint density at radius 2 is 1.78 bits per heavy atom. The van der Waals surface area contributed by atoms with Crippen LogP contribution in [0.3, 0.4) is 0 Å². The first-order valence-corrected chi connectivity index (χ1v) is 11.3. The summed E-state index contributed by atoms with van der Waals surface area (Å²) in [5.41, 5.74) is 2.65. The summed E-state index contributed by atoms with van der Waals surface area (Å²) in [6.45, 7) is 6.66. The molecule has 1 aliphatic rings. The largest absolute Gasteiger partial charge is 0.493 e. The van der Waals surface area contributed by atoms with Gasteiger partial charge in [0, 0.05) is 12.0 Å². The maximum atomic E-state index is 13.1. The lowest BCUT2D eigenvalue weighted by atomic mass is 10.1. The number of amides is 1. The summed E-state index contributed by atoms with van der Waals surface area (Å²) in [4.78, 5) is 15.1. The van der Waals surface area contributed by atoms with Gasteiger partial charge in [0.1, 0.15) is 0 Å². The van der Waals surface area contributed by atoms with Crippen molar-refractivity contribution >= 4 is 5.91 Å². The predicted molar refractivity (Wildman–Crippen MR) is 124 cm³/mol. The molecule has 2 aromatic carbocycles. The van der Waals surface area contributed by atoms with Gasteiger partial charge in [-0.3, -0.25) is 4.79 Å². The number of hydrogen-bond acceptors (Lipinski definition) is 4. The fourth-order valence-electron chi connectivity index (χ4n) is 3.78. The quantitative estimate of drug-likeness (QED) is 0.446. The van der Waals surface area contributed by atoms with E-state index in [1.165, 1.54) is 0 Å². The number of carbonyl (C=O) groups excluding carboxylic acids is 1. The molecule has 0 spiro atoms. The second kappa shape index (κ2) is 9.47. The number of aryl methyl sites for hydroxylation is 1. The lowest BCUT2D eigenvalue weighted by molar-refractivity contribution is -0.135. The number of benzene rings is 2. The fraction of sp³-hybridized carbons (Fsp3) is 0.385. The molecule has 0 N–H and O–H groups in total. The Morgan fingerprint density at radius 1 is 1.12 bits per heavy atom. The zero-order chi connectivity index (χ0) is 22.7. The zero-order valence-electron chi connectivity index (χ0n) is 19.2. The molecule has 4 rings (SSSR count). The van der Waals surface area contributed by atoms with Crippen LogP contribution in [0, 0.1) is 12.8 Å². The normalized spacial score (nSPS) is 14.1. The van der Waals surface area contributed by atoms with Gasteiger partial charge in [-0.1, -0.05) is 37.3 Å². The Morgan fingerprint density at radius 3 is 2.41 bits per heavy atom. The molecule has 1 fully saturated rings. The van der Waals surface area contributed by atoms with Gasteiger partial charge in [0.15, 0.2) is 11.5 Å². The highest BCUT2D eigenvalue weighted by Crippen LogP contribution is 2.38. The second-order valence-electron chi connectivity index (χ2n) is 8.37. The smallest absolute Gasteiger partial charge is 0.228 e. The van der Waals surface area contributed by atoms with Gasteiger partial charge < -0.3 is 14.4 Å². The molecule has 0 radical (unpaired) electrons. The Hall–Kier alpha value is -3.28. The molecule has 3 aromatic rings. The average Bonchev–Trinajstić information content (AvgIpc) is 3.63. The van der Waals surface area contributed by atoms with Crippen LogP contribution in [0.2, 0.25) is 0 Å². The minimum absolute atomic E-state index is 0.140. The van der Waals surface area contributed by atoms with E-state index >= 15 is 0 Å². The van der Waals surface area contributed by atoms with E-state index in [1.54, 1.807) is 7.11 Å². The van der Waals surface area contributed by atoms with Crippen LogP contribution in [0.4, 0.5) is 0 Å². The van der Waals surface area contributed by atoms with Crippen LogP contribution in [0.15, 0.2) is 54.6 Å². The van der Waals surface area contributed by atoms with Gasteiger partial charge in [-0.05, 0) is 57.4 Å². The molecule has 0 aliphatic heterocycles. The van der Waals surface area contributed by atoms with Gasteiger partial charge in [-0.2, -0.15) is 5.10 Å². The molecule has 0 unspecified atom stereocenters. The van der Waals surface area contributed by atoms with Gasteiger partial charge in [0.25, 0.3) is 0 Å². The van der Waals surface area contributed by atoms with E-state index in [1.807, 2.05) is 71.1 Å². The molecule has 6 nitrogen and oxygen atoms in total. The molecule has 1 saturated carbocycles. The van der Waals surface area contributed by atoms with Crippen molar-refractivity contribution in [1.82, 2.24) is 14.7 Å². The summed E-state index contributed by atoms with van der Waals surface area (Å²) >= 11 is 0. The van der Waals surface area contributed by atoms with Crippen molar-refractivity contribution in [3.8, 4) is 23.1 Å². The van der Waals surface area contributed by atoms with Crippen molar-refractivity contribution in [3.05, 3.63) is 65.9 Å². The number of methoxy groups -OCH3 is 1. The molecular weight excluding hydrogens is 402 g/mol. The van der Waals surface area contributed by atoms with Crippen molar-refractivity contribution in [2.75, 3.05) is 7.11 Å². The van der Waals surface area contributed by atoms with Crippen molar-refractivity contribution in [3.63, 3.8) is 0 Å². The van der Waals surface area contributed by atoms with Crippen LogP contribution in [0.1, 0.15) is 44.4 Å². The van der Waals surface area contributed by atoms with Gasteiger partial charge in [0.05, 0.1) is 30.6 Å². The lowest BCUT2D eigenvalue weighted by Gasteiger charge is -2.29. The van der Waals surface area contributed by atoms with Crippen LogP contribution in [-0.4, -0.2) is 33.7 Å². The highest BCUT2D eigenvalue weighted by molar-refractivity contribution is 5.81. The third-order valence-electron chi connectivity index (χ3n) is 6.07. The van der Waals surface area contributed by atoms with Crippen molar-refractivity contribution in [2.24, 2.45) is 5.92 Å². The van der Waals surface area contributed by atoms with Crippen LogP contribution < -0.4 is 9.47 Å². The Kier molecular flexibility index (Phi) is 6.49. The second-order valence-corrected chi connectivity index (χ2v) is 8.37. The van der Waals surface area contributed by atoms with E-state index in [9.17, 15) is 4.79 Å². The summed E-state index contributed by atoms with van der Waals surface area (Å²) in [6, 6.07) is 17.6. The van der Waals surface area contributed by atoms with Crippen LogP contribution in [-0.2, 0) is 11.3 Å². The number of rotatable bonds is 9. The number of nitrogens with zero attached hydrogens (tertiary/aromatic N) is 3. The number of para-hydroxylation sites is 3. The Labute approximate surface area is 189 Å². The van der Waals surface area contributed by atoms with Crippen molar-refractivity contribution in [2.45, 2.75) is 52.6 Å². The molecule has 0 saturated heterocycles. The van der Waals surface area contributed by atoms with E-state index in [4.69, 9.17) is 14.6 Å². The molecule has 0 bridgehead atoms. The van der Waals surface area contributed by atoms with Crippen molar-refractivity contribution in [1.29, 1.82) is 0 Å². The van der Waals surface area contributed by atoms with Crippen molar-refractivity contribution < 1.29 is 14.3 Å². The molecule has 1 amide bonds. The maximum absolute atomic E-state index is 13.1. The SMILES string of the molecule is CC[C@@H](C)N(Cc1c(C)nn(-c2ccccc2)c1Oc1ccccc1OC)C(=O)C1CC1. The van der Waals surface area contributed by atoms with Gasteiger partial charge in [0.2, 0.25) is 11.8 Å². The standard InChI is InChI=1S/C26H31N3O3/c1-5-18(2)28(25(30)20-15-16-20)17-22-19(3)27-29(21-11-7-6-8-12-21)26(22)32-24-14-10-9-13-23(24)31-4/h6-14,18,20H,5,15-17H2,1-4H3/t18-/m1/s1. The summed E-state index contributed by atoms with van der Waals surface area (Å²) < 4.78 is 13.8. The number of carbonyl (C=O) groups is 1. The molecule has 168 valence electrons. The summed E-state index contributed by atoms with van der Waals surface area (Å²) in [5.74, 6) is 2.25. The third-order valence-corrected chi connectivity index (χ3v) is 6.07. The number of ether oxygens (including phenoxy) is 2. The zero-order valence-corrected chi connectivity index (χ0v) is 19.2. The average molecular weight is 434 g/mol. The third kappa shape index (κ3) is 4.49. The maximum Gasteiger partial charge on any atom is 0.228 e. The summed E-state index contributed by atoms with van der Waals surface area (Å²) in [5, 5.41) is 4.80. The summed E-state index contributed by atoms with van der Waals surface area (Å²) in [6.07, 6.45) is 2.87. The van der Waals surface area contributed by atoms with E-state index in [-0.39, 0.29) is 17.9 Å². The highest BCUT2D eigenvalue weighted by Gasteiger charge is 2.36. The van der Waals surface area contributed by atoms with E-state index in [0.717, 1.165) is 36.2 Å². The Balaban J connectivity index is 1.79. The first-order valence-electron chi connectivity index (χ1n) is 11.3.